The summed E-state index contributed by atoms with van der Waals surface area (Å²) in [5.74, 6) is 0.613. The Kier molecular flexibility index (Phi) is 6.31. The van der Waals surface area contributed by atoms with Crippen LogP contribution in [0, 0.1) is 0 Å². The van der Waals surface area contributed by atoms with Crippen LogP contribution < -0.4 is 14.8 Å². The molecule has 0 bridgehead atoms. The second kappa shape index (κ2) is 7.78. The monoisotopic (exact) mass is 256 g/mol. The number of rotatable bonds is 8. The summed E-state index contributed by atoms with van der Waals surface area (Å²) in [6.45, 7) is 3.48. The number of methoxy groups -OCH3 is 3. The summed E-state index contributed by atoms with van der Waals surface area (Å²) >= 11 is 0. The van der Waals surface area contributed by atoms with Crippen molar-refractivity contribution in [2.24, 2.45) is 0 Å². The highest BCUT2D eigenvalue weighted by atomic mass is 16.5. The Hall–Kier alpha value is -1.47. The highest BCUT2D eigenvalue weighted by Crippen LogP contribution is 2.10. The van der Waals surface area contributed by atoms with Crippen LogP contribution in [0.25, 0.3) is 0 Å². The summed E-state index contributed by atoms with van der Waals surface area (Å²) < 4.78 is 15.2. The van der Waals surface area contributed by atoms with Gasteiger partial charge in [0.1, 0.15) is 5.82 Å². The largest absolute Gasteiger partial charge is 0.467 e. The molecule has 0 aliphatic carbocycles. The molecule has 0 aliphatic rings. The summed E-state index contributed by atoms with van der Waals surface area (Å²) in [6.07, 6.45) is 0.622. The van der Waals surface area contributed by atoms with Crippen molar-refractivity contribution in [2.75, 3.05) is 34.5 Å². The third-order valence-corrected chi connectivity index (χ3v) is 2.30. The van der Waals surface area contributed by atoms with Gasteiger partial charge in [0, 0.05) is 19.6 Å². The predicted molar refractivity (Wildman–Crippen MR) is 66.0 cm³/mol. The number of nitrogens with zero attached hydrogens (tertiary/aromatic N) is 3. The smallest absolute Gasteiger partial charge is 0.322 e. The minimum Gasteiger partial charge on any atom is -0.467 e. The molecule has 0 aromatic carbocycles. The first kappa shape index (κ1) is 14.6. The van der Waals surface area contributed by atoms with Gasteiger partial charge in [-0.05, 0) is 6.54 Å². The normalized spacial score (nSPS) is 12.2. The molecule has 0 radical (unpaired) electrons. The first-order valence-corrected chi connectivity index (χ1v) is 5.78. The first-order valence-electron chi connectivity index (χ1n) is 5.78. The van der Waals surface area contributed by atoms with Gasteiger partial charge in [-0.25, -0.2) is 0 Å². The molecule has 1 unspecified atom stereocenters. The minimum atomic E-state index is 0.150. The molecule has 0 amide bonds. The highest BCUT2D eigenvalue weighted by Gasteiger charge is 2.13. The fourth-order valence-electron chi connectivity index (χ4n) is 1.55. The molecule has 1 aromatic rings. The predicted octanol–water partition coefficient (Wildman–Crippen LogP) is 0.0558. The Labute approximate surface area is 107 Å². The molecule has 0 saturated carbocycles. The van der Waals surface area contributed by atoms with Gasteiger partial charge in [0.25, 0.3) is 0 Å². The second-order valence-electron chi connectivity index (χ2n) is 3.64. The van der Waals surface area contributed by atoms with E-state index in [1.54, 1.807) is 7.11 Å². The van der Waals surface area contributed by atoms with Gasteiger partial charge >= 0.3 is 12.0 Å². The van der Waals surface area contributed by atoms with E-state index in [1.807, 2.05) is 6.92 Å². The lowest BCUT2D eigenvalue weighted by atomic mass is 10.2. The van der Waals surface area contributed by atoms with E-state index in [2.05, 4.69) is 20.3 Å². The Morgan fingerprint density at radius 2 is 1.67 bits per heavy atom. The third-order valence-electron chi connectivity index (χ3n) is 2.30. The zero-order valence-corrected chi connectivity index (χ0v) is 11.3. The van der Waals surface area contributed by atoms with E-state index in [9.17, 15) is 0 Å². The molecule has 0 spiro atoms. The van der Waals surface area contributed by atoms with Crippen molar-refractivity contribution < 1.29 is 14.2 Å². The molecule has 18 heavy (non-hydrogen) atoms. The number of hydrogen-bond donors (Lipinski definition) is 1. The van der Waals surface area contributed by atoms with E-state index in [0.717, 1.165) is 6.54 Å². The van der Waals surface area contributed by atoms with Crippen molar-refractivity contribution in [3.8, 4) is 12.0 Å². The van der Waals surface area contributed by atoms with Gasteiger partial charge in [-0.1, -0.05) is 6.92 Å². The maximum atomic E-state index is 5.15. The molecule has 7 heteroatoms. The van der Waals surface area contributed by atoms with E-state index in [-0.39, 0.29) is 18.1 Å². The van der Waals surface area contributed by atoms with Crippen LogP contribution in [0.3, 0.4) is 0 Å². The fraction of sp³-hybridized carbons (Fsp3) is 0.727. The van der Waals surface area contributed by atoms with Gasteiger partial charge in [-0.15, -0.1) is 4.98 Å². The maximum absolute atomic E-state index is 5.15. The SMILES string of the molecule is CCNC(COC)Cc1nc(OC)nc(OC)n1. The van der Waals surface area contributed by atoms with Crippen LogP contribution in [0.5, 0.6) is 12.0 Å². The number of likely N-dealkylation sites (N-methyl/N-ethyl adjacent to an activating group) is 1. The number of hydrogen-bond acceptors (Lipinski definition) is 7. The van der Waals surface area contributed by atoms with Crippen LogP contribution in [-0.2, 0) is 11.2 Å². The van der Waals surface area contributed by atoms with Crippen molar-refractivity contribution in [3.05, 3.63) is 5.82 Å². The standard InChI is InChI=1S/C11H20N4O3/c1-5-12-8(7-16-2)6-9-13-10(17-3)15-11(14-9)18-4/h8,12H,5-7H2,1-4H3. The van der Waals surface area contributed by atoms with Gasteiger partial charge < -0.3 is 19.5 Å². The zero-order chi connectivity index (χ0) is 13.4. The highest BCUT2D eigenvalue weighted by molar-refractivity contribution is 5.06. The van der Waals surface area contributed by atoms with Crippen LogP contribution in [-0.4, -0.2) is 55.5 Å². The maximum Gasteiger partial charge on any atom is 0.322 e. The van der Waals surface area contributed by atoms with Crippen LogP contribution in [0.15, 0.2) is 0 Å². The summed E-state index contributed by atoms with van der Waals surface area (Å²) in [5, 5.41) is 3.30. The molecular formula is C11H20N4O3. The van der Waals surface area contributed by atoms with Gasteiger partial charge in [-0.3, -0.25) is 0 Å². The number of nitrogens with one attached hydrogen (secondary N) is 1. The zero-order valence-electron chi connectivity index (χ0n) is 11.3. The lowest BCUT2D eigenvalue weighted by Gasteiger charge is -2.16. The van der Waals surface area contributed by atoms with Crippen molar-refractivity contribution in [1.29, 1.82) is 0 Å². The quantitative estimate of drug-likeness (QED) is 0.704. The summed E-state index contributed by atoms with van der Waals surface area (Å²) in [5.41, 5.74) is 0. The average Bonchev–Trinajstić information content (AvgIpc) is 2.38. The van der Waals surface area contributed by atoms with E-state index >= 15 is 0 Å². The van der Waals surface area contributed by atoms with E-state index in [4.69, 9.17) is 14.2 Å². The molecule has 0 aliphatic heterocycles. The Balaban J connectivity index is 2.80. The Morgan fingerprint density at radius 3 is 2.11 bits per heavy atom. The molecule has 1 heterocycles. The second-order valence-corrected chi connectivity index (χ2v) is 3.64. The van der Waals surface area contributed by atoms with Crippen molar-refractivity contribution >= 4 is 0 Å². The van der Waals surface area contributed by atoms with Crippen molar-refractivity contribution in [2.45, 2.75) is 19.4 Å². The molecule has 0 saturated heterocycles. The molecule has 1 atom stereocenters. The third kappa shape index (κ3) is 4.42. The number of aromatic nitrogens is 3. The van der Waals surface area contributed by atoms with Gasteiger partial charge in [-0.2, -0.15) is 9.97 Å². The lowest BCUT2D eigenvalue weighted by Crippen LogP contribution is -2.35. The summed E-state index contributed by atoms with van der Waals surface area (Å²) in [4.78, 5) is 12.3. The molecule has 7 nitrogen and oxygen atoms in total. The first-order chi connectivity index (χ1) is 8.73. The Morgan fingerprint density at radius 1 is 1.06 bits per heavy atom. The molecule has 1 rings (SSSR count). The topological polar surface area (TPSA) is 78.4 Å². The van der Waals surface area contributed by atoms with Crippen LogP contribution in [0.4, 0.5) is 0 Å². The van der Waals surface area contributed by atoms with Crippen molar-refractivity contribution in [1.82, 2.24) is 20.3 Å². The Bertz CT molecular complexity index is 334. The minimum absolute atomic E-state index is 0.150. The van der Waals surface area contributed by atoms with Gasteiger partial charge in [0.15, 0.2) is 0 Å². The van der Waals surface area contributed by atoms with E-state index in [1.165, 1.54) is 14.2 Å². The molecule has 102 valence electrons. The van der Waals surface area contributed by atoms with Gasteiger partial charge in [0.05, 0.1) is 20.8 Å². The van der Waals surface area contributed by atoms with Gasteiger partial charge in [0.2, 0.25) is 0 Å². The van der Waals surface area contributed by atoms with Crippen molar-refractivity contribution in [3.63, 3.8) is 0 Å². The number of ether oxygens (including phenoxy) is 3. The van der Waals surface area contributed by atoms with Crippen LogP contribution >= 0.6 is 0 Å². The average molecular weight is 256 g/mol. The van der Waals surface area contributed by atoms with E-state index < -0.39 is 0 Å². The molecule has 1 aromatic heterocycles. The summed E-state index contributed by atoms with van der Waals surface area (Å²) in [6, 6.07) is 0.658. The van der Waals surface area contributed by atoms with E-state index in [0.29, 0.717) is 18.9 Å². The van der Waals surface area contributed by atoms with Crippen LogP contribution in [0.2, 0.25) is 0 Å². The molecule has 1 N–H and O–H groups in total. The fourth-order valence-corrected chi connectivity index (χ4v) is 1.55. The lowest BCUT2D eigenvalue weighted by molar-refractivity contribution is 0.165. The molecule has 0 fully saturated rings. The molecular weight excluding hydrogens is 236 g/mol. The summed E-state index contributed by atoms with van der Waals surface area (Å²) in [7, 11) is 4.68. The van der Waals surface area contributed by atoms with Crippen LogP contribution in [0.1, 0.15) is 12.7 Å².